The molecule has 0 aliphatic carbocycles. The van der Waals surface area contributed by atoms with E-state index in [2.05, 4.69) is 45.9 Å². The maximum Gasteiger partial charge on any atom is 0.140 e. The van der Waals surface area contributed by atoms with Gasteiger partial charge in [-0.2, -0.15) is 0 Å². The number of hydrogen-bond donors (Lipinski definition) is 0. The molecule has 0 aromatic heterocycles. The van der Waals surface area contributed by atoms with Gasteiger partial charge in [0.25, 0.3) is 0 Å². The largest absolute Gasteiger partial charge is 0.493 e. The fraction of sp³-hybridized carbons (Fsp3) is 0.741. The Kier molecular flexibility index (Phi) is 30.0. The Labute approximate surface area is 378 Å². The molecule has 0 N–H and O–H groups in total. The highest BCUT2D eigenvalue weighted by molar-refractivity contribution is 6.46. The van der Waals surface area contributed by atoms with Crippen molar-refractivity contribution in [3.8, 4) is 23.0 Å². The van der Waals surface area contributed by atoms with E-state index >= 15 is 0 Å². The molecule has 3 rings (SSSR count). The van der Waals surface area contributed by atoms with Gasteiger partial charge in [-0.3, -0.25) is 0 Å². The van der Waals surface area contributed by atoms with Gasteiger partial charge >= 0.3 is 0 Å². The van der Waals surface area contributed by atoms with Crippen molar-refractivity contribution in [2.75, 3.05) is 26.4 Å². The third kappa shape index (κ3) is 20.0. The highest BCUT2D eigenvalue weighted by atomic mass is 35.5. The predicted octanol–water partition coefficient (Wildman–Crippen LogP) is 19.4. The fourth-order valence-corrected chi connectivity index (χ4v) is 8.84. The number of hydrogen-bond acceptors (Lipinski definition) is 4. The van der Waals surface area contributed by atoms with Crippen molar-refractivity contribution in [1.29, 1.82) is 0 Å². The zero-order chi connectivity index (χ0) is 42.9. The van der Waals surface area contributed by atoms with E-state index in [9.17, 15) is 0 Å². The van der Waals surface area contributed by atoms with Crippen LogP contribution in [0.2, 0.25) is 10.0 Å². The van der Waals surface area contributed by atoms with Crippen molar-refractivity contribution in [3.05, 3.63) is 34.3 Å². The molecule has 0 fully saturated rings. The molecule has 0 saturated heterocycles. The molecular formula is C54H88Cl2O4. The van der Waals surface area contributed by atoms with Crippen LogP contribution in [0.1, 0.15) is 233 Å². The molecule has 0 radical (unpaired) electrons. The van der Waals surface area contributed by atoms with Gasteiger partial charge in [0.1, 0.15) is 23.0 Å². The first-order chi connectivity index (χ1) is 29.6. The van der Waals surface area contributed by atoms with Gasteiger partial charge in [0, 0.05) is 10.8 Å². The van der Waals surface area contributed by atoms with Crippen LogP contribution in [0.4, 0.5) is 0 Å². The molecule has 0 heterocycles. The van der Waals surface area contributed by atoms with E-state index in [1.165, 1.54) is 167 Å². The van der Waals surface area contributed by atoms with Gasteiger partial charge in [0.2, 0.25) is 0 Å². The number of benzene rings is 3. The van der Waals surface area contributed by atoms with Gasteiger partial charge < -0.3 is 18.9 Å². The number of ether oxygens (including phenoxy) is 4. The molecule has 3 aromatic carbocycles. The maximum absolute atomic E-state index is 7.21. The summed E-state index contributed by atoms with van der Waals surface area (Å²) in [5.41, 5.74) is 0. The lowest BCUT2D eigenvalue weighted by molar-refractivity contribution is 0.290. The Hall–Kier alpha value is -2.04. The van der Waals surface area contributed by atoms with E-state index in [1.54, 1.807) is 0 Å². The SMILES string of the molecule is CCCCCCCCCCOc1ccc(OCCCCCCCCCC)c2c(OCCCCCCCCCC)c3c(Cl)c(Cl)ccc3c(OCCCCCCCCCC)c12. The van der Waals surface area contributed by atoms with Crippen LogP contribution in [0.3, 0.4) is 0 Å². The molecule has 0 atom stereocenters. The average molecular weight is 872 g/mol. The van der Waals surface area contributed by atoms with E-state index in [0.29, 0.717) is 36.5 Å². The minimum Gasteiger partial charge on any atom is -0.493 e. The number of halogens is 2. The lowest BCUT2D eigenvalue weighted by atomic mass is 9.98. The lowest BCUT2D eigenvalue weighted by Crippen LogP contribution is -2.06. The Morgan fingerprint density at radius 3 is 0.983 bits per heavy atom. The zero-order valence-electron chi connectivity index (χ0n) is 39.2. The molecule has 0 amide bonds. The van der Waals surface area contributed by atoms with Gasteiger partial charge in [-0.05, 0) is 49.9 Å². The van der Waals surface area contributed by atoms with Gasteiger partial charge in [0.15, 0.2) is 0 Å². The van der Waals surface area contributed by atoms with Crippen LogP contribution in [0.15, 0.2) is 24.3 Å². The number of fused-ring (bicyclic) bond motifs is 2. The Bertz CT molecular complexity index is 1520. The highest BCUT2D eigenvalue weighted by Crippen LogP contribution is 2.53. The minimum absolute atomic E-state index is 0.498. The Morgan fingerprint density at radius 2 is 0.617 bits per heavy atom. The van der Waals surface area contributed by atoms with E-state index in [0.717, 1.165) is 83.1 Å². The molecular weight excluding hydrogens is 783 g/mol. The van der Waals surface area contributed by atoms with Crippen LogP contribution < -0.4 is 18.9 Å². The second kappa shape index (κ2) is 34.4. The monoisotopic (exact) mass is 871 g/mol. The summed E-state index contributed by atoms with van der Waals surface area (Å²) >= 11 is 14.0. The maximum atomic E-state index is 7.21. The third-order valence-corrected chi connectivity index (χ3v) is 13.0. The minimum atomic E-state index is 0.498. The van der Waals surface area contributed by atoms with E-state index < -0.39 is 0 Å². The molecule has 0 aliphatic rings. The Morgan fingerprint density at radius 1 is 0.317 bits per heavy atom. The summed E-state index contributed by atoms with van der Waals surface area (Å²) in [6.07, 6.45) is 40.0. The molecule has 342 valence electrons. The van der Waals surface area contributed by atoms with Gasteiger partial charge in [0.05, 0.1) is 47.2 Å². The summed E-state index contributed by atoms with van der Waals surface area (Å²) < 4.78 is 27.3. The summed E-state index contributed by atoms with van der Waals surface area (Å²) in [5, 5.41) is 4.56. The molecule has 0 aliphatic heterocycles. The first kappa shape index (κ1) is 52.3. The molecule has 3 aromatic rings. The quantitative estimate of drug-likeness (QED) is 0.0421. The van der Waals surface area contributed by atoms with Crippen molar-refractivity contribution in [3.63, 3.8) is 0 Å². The smallest absolute Gasteiger partial charge is 0.140 e. The molecule has 0 spiro atoms. The Balaban J connectivity index is 1.96. The van der Waals surface area contributed by atoms with Crippen LogP contribution in [0.25, 0.3) is 21.5 Å². The number of unbranched alkanes of at least 4 members (excludes halogenated alkanes) is 28. The normalized spacial score (nSPS) is 11.6. The summed E-state index contributed by atoms with van der Waals surface area (Å²) in [6.45, 7) is 11.6. The van der Waals surface area contributed by atoms with E-state index in [-0.39, 0.29) is 0 Å². The third-order valence-electron chi connectivity index (χ3n) is 12.1. The first-order valence-electron chi connectivity index (χ1n) is 25.5. The van der Waals surface area contributed by atoms with Crippen molar-refractivity contribution in [2.24, 2.45) is 0 Å². The molecule has 6 heteroatoms. The van der Waals surface area contributed by atoms with Crippen LogP contribution in [-0.4, -0.2) is 26.4 Å². The molecule has 0 bridgehead atoms. The fourth-order valence-electron chi connectivity index (χ4n) is 8.43. The van der Waals surface area contributed by atoms with Crippen molar-refractivity contribution < 1.29 is 18.9 Å². The van der Waals surface area contributed by atoms with Crippen LogP contribution in [0, 0.1) is 0 Å². The molecule has 0 saturated carbocycles. The van der Waals surface area contributed by atoms with Gasteiger partial charge in [-0.1, -0.05) is 231 Å². The second-order valence-corrected chi connectivity index (χ2v) is 18.3. The average Bonchev–Trinajstić information content (AvgIpc) is 3.25. The molecule has 4 nitrogen and oxygen atoms in total. The van der Waals surface area contributed by atoms with Crippen LogP contribution in [0.5, 0.6) is 23.0 Å². The summed E-state index contributed by atoms with van der Waals surface area (Å²) in [6, 6.07) is 8.15. The van der Waals surface area contributed by atoms with E-state index in [4.69, 9.17) is 42.1 Å². The van der Waals surface area contributed by atoms with E-state index in [1.807, 2.05) is 6.07 Å². The predicted molar refractivity (Wildman–Crippen MR) is 264 cm³/mol. The van der Waals surface area contributed by atoms with Crippen molar-refractivity contribution in [2.45, 2.75) is 233 Å². The second-order valence-electron chi connectivity index (χ2n) is 17.5. The highest BCUT2D eigenvalue weighted by Gasteiger charge is 2.26. The number of rotatable bonds is 40. The van der Waals surface area contributed by atoms with Crippen LogP contribution in [-0.2, 0) is 0 Å². The standard InChI is InChI=1S/C54H88Cl2O4/c1-5-9-13-17-21-25-29-33-41-57-47-39-40-48(58-42-34-30-26-22-18-14-10-6-2)51-50(47)53(59-43-35-31-27-23-19-15-11-7-3)45-37-38-46(55)52(56)49(45)54(51)60-44-36-32-28-24-20-16-12-8-4/h37-40H,5-36,41-44H2,1-4H3. The molecule has 60 heavy (non-hydrogen) atoms. The van der Waals surface area contributed by atoms with Gasteiger partial charge in [-0.15, -0.1) is 0 Å². The lowest BCUT2D eigenvalue weighted by Gasteiger charge is -2.23. The van der Waals surface area contributed by atoms with Crippen LogP contribution >= 0.6 is 23.2 Å². The zero-order valence-corrected chi connectivity index (χ0v) is 40.7. The summed E-state index contributed by atoms with van der Waals surface area (Å²) in [7, 11) is 0. The summed E-state index contributed by atoms with van der Waals surface area (Å²) in [5.74, 6) is 3.15. The van der Waals surface area contributed by atoms with Gasteiger partial charge in [-0.25, -0.2) is 0 Å². The van der Waals surface area contributed by atoms with Crippen molar-refractivity contribution >= 4 is 44.7 Å². The topological polar surface area (TPSA) is 36.9 Å². The first-order valence-corrected chi connectivity index (χ1v) is 26.3. The molecule has 0 unspecified atom stereocenters. The van der Waals surface area contributed by atoms with Crippen molar-refractivity contribution in [1.82, 2.24) is 0 Å². The summed E-state index contributed by atoms with van der Waals surface area (Å²) in [4.78, 5) is 0.